The first kappa shape index (κ1) is 16.5. The van der Waals surface area contributed by atoms with Gasteiger partial charge in [-0.3, -0.25) is 14.5 Å². The van der Waals surface area contributed by atoms with Gasteiger partial charge in [0, 0.05) is 24.7 Å². The summed E-state index contributed by atoms with van der Waals surface area (Å²) in [4.78, 5) is 40.4. The highest BCUT2D eigenvalue weighted by Gasteiger charge is 2.53. The molecule has 6 heteroatoms. The van der Waals surface area contributed by atoms with E-state index in [2.05, 4.69) is 5.32 Å². The zero-order valence-corrected chi connectivity index (χ0v) is 14.3. The molecule has 2 aliphatic heterocycles. The number of benzene rings is 1. The molecule has 0 bridgehead atoms. The standard InChI is InChI=1S/C18H23N3O3/c1-12(2)21-16(23)18(19-17(21)24)8-10-20(11-9-18)15(22)14-6-4-13(3)5-7-14/h4-7,12H,8-11H2,1-3H3,(H,19,24). The molecule has 1 aromatic rings. The van der Waals surface area contributed by atoms with Crippen molar-refractivity contribution in [2.24, 2.45) is 0 Å². The summed E-state index contributed by atoms with van der Waals surface area (Å²) >= 11 is 0. The Morgan fingerprint density at radius 1 is 1.12 bits per heavy atom. The van der Waals surface area contributed by atoms with Crippen molar-refractivity contribution in [3.63, 3.8) is 0 Å². The van der Waals surface area contributed by atoms with Crippen molar-refractivity contribution in [3.05, 3.63) is 35.4 Å². The van der Waals surface area contributed by atoms with E-state index in [1.165, 1.54) is 4.90 Å². The average Bonchev–Trinajstić information content (AvgIpc) is 2.78. The molecule has 128 valence electrons. The molecule has 2 aliphatic rings. The van der Waals surface area contributed by atoms with E-state index in [1.54, 1.807) is 4.90 Å². The first-order valence-electron chi connectivity index (χ1n) is 8.36. The molecule has 2 fully saturated rings. The molecule has 2 heterocycles. The smallest absolute Gasteiger partial charge is 0.325 e. The SMILES string of the molecule is Cc1ccc(C(=O)N2CCC3(CC2)NC(=O)N(C(C)C)C3=O)cc1. The Balaban J connectivity index is 1.70. The Hall–Kier alpha value is -2.37. The van der Waals surface area contributed by atoms with Gasteiger partial charge < -0.3 is 10.2 Å². The summed E-state index contributed by atoms with van der Waals surface area (Å²) in [6.07, 6.45) is 0.913. The number of urea groups is 1. The molecule has 0 saturated carbocycles. The van der Waals surface area contributed by atoms with E-state index in [1.807, 2.05) is 45.0 Å². The normalized spacial score (nSPS) is 20.0. The summed E-state index contributed by atoms with van der Waals surface area (Å²) < 4.78 is 0. The molecule has 6 nitrogen and oxygen atoms in total. The van der Waals surface area contributed by atoms with Crippen LogP contribution >= 0.6 is 0 Å². The Kier molecular flexibility index (Phi) is 4.07. The zero-order chi connectivity index (χ0) is 17.5. The lowest BCUT2D eigenvalue weighted by molar-refractivity contribution is -0.133. The minimum Gasteiger partial charge on any atom is -0.338 e. The third-order valence-corrected chi connectivity index (χ3v) is 4.91. The molecule has 24 heavy (non-hydrogen) atoms. The second-order valence-electron chi connectivity index (χ2n) is 6.94. The number of carbonyl (C=O) groups excluding carboxylic acids is 3. The topological polar surface area (TPSA) is 69.7 Å². The Bertz CT molecular complexity index is 673. The van der Waals surface area contributed by atoms with Gasteiger partial charge in [-0.1, -0.05) is 17.7 Å². The predicted molar refractivity (Wildman–Crippen MR) is 89.6 cm³/mol. The first-order valence-corrected chi connectivity index (χ1v) is 8.36. The average molecular weight is 329 g/mol. The minimum absolute atomic E-state index is 0.0256. The number of rotatable bonds is 2. The van der Waals surface area contributed by atoms with Crippen LogP contribution in [0.25, 0.3) is 0 Å². The van der Waals surface area contributed by atoms with Gasteiger partial charge in [-0.15, -0.1) is 0 Å². The van der Waals surface area contributed by atoms with Gasteiger partial charge in [-0.05, 0) is 45.7 Å². The lowest BCUT2D eigenvalue weighted by Crippen LogP contribution is -2.56. The van der Waals surface area contributed by atoms with Crippen LogP contribution in [0.15, 0.2) is 24.3 Å². The third kappa shape index (κ3) is 2.66. The quantitative estimate of drug-likeness (QED) is 0.843. The maximum atomic E-state index is 12.7. The van der Waals surface area contributed by atoms with Crippen molar-refractivity contribution in [2.45, 2.75) is 45.2 Å². The van der Waals surface area contributed by atoms with Crippen LogP contribution in [0.1, 0.15) is 42.6 Å². The van der Waals surface area contributed by atoms with Crippen molar-refractivity contribution in [1.82, 2.24) is 15.1 Å². The molecular weight excluding hydrogens is 306 g/mol. The van der Waals surface area contributed by atoms with Gasteiger partial charge in [0.05, 0.1) is 0 Å². The van der Waals surface area contributed by atoms with Crippen LogP contribution in [0.3, 0.4) is 0 Å². The lowest BCUT2D eigenvalue weighted by atomic mass is 9.87. The highest BCUT2D eigenvalue weighted by atomic mass is 16.2. The summed E-state index contributed by atoms with van der Waals surface area (Å²) in [6, 6.07) is 6.99. The Morgan fingerprint density at radius 3 is 2.21 bits per heavy atom. The van der Waals surface area contributed by atoms with Crippen molar-refractivity contribution < 1.29 is 14.4 Å². The molecule has 0 atom stereocenters. The summed E-state index contributed by atoms with van der Waals surface area (Å²) in [5, 5.41) is 2.86. The van der Waals surface area contributed by atoms with Crippen molar-refractivity contribution in [2.75, 3.05) is 13.1 Å². The number of nitrogens with one attached hydrogen (secondary N) is 1. The van der Waals surface area contributed by atoms with E-state index in [0.717, 1.165) is 5.56 Å². The molecule has 0 aliphatic carbocycles. The minimum atomic E-state index is -0.842. The van der Waals surface area contributed by atoms with Gasteiger partial charge in [0.2, 0.25) is 0 Å². The van der Waals surface area contributed by atoms with E-state index >= 15 is 0 Å². The van der Waals surface area contributed by atoms with Crippen molar-refractivity contribution in [3.8, 4) is 0 Å². The zero-order valence-electron chi connectivity index (χ0n) is 14.3. The van der Waals surface area contributed by atoms with Gasteiger partial charge in [0.15, 0.2) is 0 Å². The summed E-state index contributed by atoms with van der Waals surface area (Å²) in [7, 11) is 0. The van der Waals surface area contributed by atoms with Crippen LogP contribution in [-0.2, 0) is 4.79 Å². The van der Waals surface area contributed by atoms with Gasteiger partial charge in [-0.2, -0.15) is 0 Å². The maximum absolute atomic E-state index is 12.7. The molecule has 1 N–H and O–H groups in total. The second-order valence-corrected chi connectivity index (χ2v) is 6.94. The van der Waals surface area contributed by atoms with Crippen LogP contribution in [0.4, 0.5) is 4.79 Å². The maximum Gasteiger partial charge on any atom is 0.325 e. The Morgan fingerprint density at radius 2 is 1.71 bits per heavy atom. The van der Waals surface area contributed by atoms with E-state index in [0.29, 0.717) is 31.5 Å². The molecular formula is C18H23N3O3. The van der Waals surface area contributed by atoms with Gasteiger partial charge in [-0.25, -0.2) is 4.79 Å². The number of aryl methyl sites for hydroxylation is 1. The van der Waals surface area contributed by atoms with Gasteiger partial charge in [0.1, 0.15) is 5.54 Å². The number of amides is 4. The van der Waals surface area contributed by atoms with E-state index < -0.39 is 5.54 Å². The number of carbonyl (C=O) groups is 3. The Labute approximate surface area is 141 Å². The highest BCUT2D eigenvalue weighted by Crippen LogP contribution is 2.31. The van der Waals surface area contributed by atoms with Crippen molar-refractivity contribution in [1.29, 1.82) is 0 Å². The number of hydrogen-bond donors (Lipinski definition) is 1. The molecule has 4 amide bonds. The van der Waals surface area contributed by atoms with Crippen molar-refractivity contribution >= 4 is 17.8 Å². The molecule has 2 saturated heterocycles. The van der Waals surface area contributed by atoms with Gasteiger partial charge in [0.25, 0.3) is 11.8 Å². The number of hydrogen-bond acceptors (Lipinski definition) is 3. The fourth-order valence-electron chi connectivity index (χ4n) is 3.42. The fraction of sp³-hybridized carbons (Fsp3) is 0.500. The first-order chi connectivity index (χ1) is 11.3. The molecule has 0 unspecified atom stereocenters. The lowest BCUT2D eigenvalue weighted by Gasteiger charge is -2.37. The monoisotopic (exact) mass is 329 g/mol. The second kappa shape index (κ2) is 5.92. The summed E-state index contributed by atoms with van der Waals surface area (Å²) in [6.45, 7) is 6.56. The van der Waals surface area contributed by atoms with Gasteiger partial charge >= 0.3 is 6.03 Å². The third-order valence-electron chi connectivity index (χ3n) is 4.91. The molecule has 1 spiro atoms. The number of nitrogens with zero attached hydrogens (tertiary/aromatic N) is 2. The molecule has 0 aromatic heterocycles. The van der Waals surface area contributed by atoms with E-state index in [9.17, 15) is 14.4 Å². The van der Waals surface area contributed by atoms with Crippen LogP contribution in [-0.4, -0.2) is 52.3 Å². The van der Waals surface area contributed by atoms with E-state index in [-0.39, 0.29) is 23.9 Å². The van der Waals surface area contributed by atoms with Crippen LogP contribution in [0.2, 0.25) is 0 Å². The number of piperidine rings is 1. The van der Waals surface area contributed by atoms with Crippen LogP contribution in [0, 0.1) is 6.92 Å². The highest BCUT2D eigenvalue weighted by molar-refractivity contribution is 6.07. The number of likely N-dealkylation sites (tertiary alicyclic amines) is 1. The number of imide groups is 1. The van der Waals surface area contributed by atoms with Crippen LogP contribution < -0.4 is 5.32 Å². The fourth-order valence-corrected chi connectivity index (χ4v) is 3.42. The van der Waals surface area contributed by atoms with E-state index in [4.69, 9.17) is 0 Å². The molecule has 1 aromatic carbocycles. The van der Waals surface area contributed by atoms with Crippen LogP contribution in [0.5, 0.6) is 0 Å². The summed E-state index contributed by atoms with van der Waals surface area (Å²) in [5.41, 5.74) is 0.921. The predicted octanol–water partition coefficient (Wildman–Crippen LogP) is 1.93. The summed E-state index contributed by atoms with van der Waals surface area (Å²) in [5.74, 6) is -0.188. The molecule has 0 radical (unpaired) electrons. The molecule has 3 rings (SSSR count). The largest absolute Gasteiger partial charge is 0.338 e.